The molecule has 1 aromatic heterocycles. The van der Waals surface area contributed by atoms with Gasteiger partial charge in [-0.05, 0) is 42.7 Å². The molecule has 4 rings (SSSR count). The lowest BCUT2D eigenvalue weighted by atomic mass is 9.92. The summed E-state index contributed by atoms with van der Waals surface area (Å²) in [4.78, 5) is 25.1. The third-order valence-electron chi connectivity index (χ3n) is 6.45. The van der Waals surface area contributed by atoms with Crippen molar-refractivity contribution in [2.45, 2.75) is 50.6 Å². The van der Waals surface area contributed by atoms with Crippen LogP contribution in [0.3, 0.4) is 0 Å². The molecule has 0 radical (unpaired) electrons. The first-order valence-electron chi connectivity index (χ1n) is 11.9. The van der Waals surface area contributed by atoms with E-state index >= 15 is 0 Å². The van der Waals surface area contributed by atoms with Crippen LogP contribution >= 0.6 is 0 Å². The van der Waals surface area contributed by atoms with E-state index in [2.05, 4.69) is 10.6 Å². The van der Waals surface area contributed by atoms with Crippen molar-refractivity contribution in [2.24, 2.45) is 11.5 Å². The van der Waals surface area contributed by atoms with Crippen molar-refractivity contribution in [3.63, 3.8) is 0 Å². The second-order valence-electron chi connectivity index (χ2n) is 9.19. The number of carbonyl (C=O) groups excluding carboxylic acids is 2. The SMILES string of the molecule is N=C(N)c1ccc2cc(C(=O)NC3CCC(F)(F)CC3)n(Cc3ccc(NC(=O)CCN)cc3)c2c1. The molecular weight excluding hydrogens is 466 g/mol. The van der Waals surface area contributed by atoms with Crippen LogP contribution in [-0.2, 0) is 11.3 Å². The summed E-state index contributed by atoms with van der Waals surface area (Å²) in [5, 5.41) is 14.3. The lowest BCUT2D eigenvalue weighted by Crippen LogP contribution is -2.40. The first kappa shape index (κ1) is 25.3. The van der Waals surface area contributed by atoms with Crippen LogP contribution in [0, 0.1) is 5.41 Å². The number of nitrogens with two attached hydrogens (primary N) is 2. The maximum atomic E-state index is 13.6. The minimum absolute atomic E-state index is 0.0867. The topological polar surface area (TPSA) is 139 Å². The predicted octanol–water partition coefficient (Wildman–Crippen LogP) is 3.57. The number of carbonyl (C=O) groups is 2. The molecule has 1 aliphatic rings. The summed E-state index contributed by atoms with van der Waals surface area (Å²) in [6.45, 7) is 0.606. The number of nitrogen functional groups attached to an aromatic ring is 1. The third kappa shape index (κ3) is 5.88. The molecule has 190 valence electrons. The predicted molar refractivity (Wildman–Crippen MR) is 135 cm³/mol. The molecular formula is C26H30F2N6O2. The number of fused-ring (bicyclic) bond motifs is 1. The fourth-order valence-corrected chi connectivity index (χ4v) is 4.45. The van der Waals surface area contributed by atoms with Crippen LogP contribution in [0.2, 0.25) is 0 Å². The number of hydrogen-bond donors (Lipinski definition) is 5. The Balaban J connectivity index is 1.61. The maximum absolute atomic E-state index is 13.6. The summed E-state index contributed by atoms with van der Waals surface area (Å²) in [5.41, 5.74) is 14.3. The van der Waals surface area contributed by atoms with E-state index in [0.29, 0.717) is 23.5 Å². The molecule has 36 heavy (non-hydrogen) atoms. The zero-order valence-electron chi connectivity index (χ0n) is 19.8. The van der Waals surface area contributed by atoms with Crippen molar-refractivity contribution in [3.8, 4) is 0 Å². The van der Waals surface area contributed by atoms with Crippen molar-refractivity contribution in [1.29, 1.82) is 5.41 Å². The van der Waals surface area contributed by atoms with Gasteiger partial charge in [0.05, 0.1) is 0 Å². The molecule has 2 aromatic carbocycles. The van der Waals surface area contributed by atoms with Gasteiger partial charge in [-0.1, -0.05) is 24.3 Å². The standard InChI is InChI=1S/C26H30F2N6O2/c27-26(28)10-7-20(8-11-26)33-25(36)22-13-17-3-4-18(24(30)31)14-21(17)34(22)15-16-1-5-19(6-2-16)32-23(35)9-12-29/h1-6,13-14,20H,7-12,15,29H2,(H3,30,31)(H,32,35)(H,33,36). The molecule has 10 heteroatoms. The Kier molecular flexibility index (Phi) is 7.35. The summed E-state index contributed by atoms with van der Waals surface area (Å²) >= 11 is 0. The van der Waals surface area contributed by atoms with E-state index in [0.717, 1.165) is 16.5 Å². The third-order valence-corrected chi connectivity index (χ3v) is 6.45. The molecule has 3 aromatic rings. The Morgan fingerprint density at radius 2 is 1.78 bits per heavy atom. The van der Waals surface area contributed by atoms with Crippen LogP contribution in [0.25, 0.3) is 10.9 Å². The van der Waals surface area contributed by atoms with Crippen molar-refractivity contribution >= 4 is 34.2 Å². The lowest BCUT2D eigenvalue weighted by Gasteiger charge is -2.28. The molecule has 0 unspecified atom stereocenters. The zero-order chi connectivity index (χ0) is 25.9. The number of nitrogens with zero attached hydrogens (tertiary/aromatic N) is 1. The van der Waals surface area contributed by atoms with Gasteiger partial charge in [0.1, 0.15) is 11.5 Å². The Bertz CT molecular complexity index is 1280. The maximum Gasteiger partial charge on any atom is 0.268 e. The highest BCUT2D eigenvalue weighted by molar-refractivity contribution is 6.02. The van der Waals surface area contributed by atoms with Crippen LogP contribution in [0.15, 0.2) is 48.5 Å². The minimum Gasteiger partial charge on any atom is -0.384 e. The van der Waals surface area contributed by atoms with Crippen molar-refractivity contribution in [1.82, 2.24) is 9.88 Å². The van der Waals surface area contributed by atoms with Crippen molar-refractivity contribution in [2.75, 3.05) is 11.9 Å². The molecule has 2 amide bonds. The van der Waals surface area contributed by atoms with E-state index in [1.54, 1.807) is 36.4 Å². The fraction of sp³-hybridized carbons (Fsp3) is 0.346. The molecule has 0 spiro atoms. The first-order chi connectivity index (χ1) is 17.1. The molecule has 1 saturated carbocycles. The van der Waals surface area contributed by atoms with E-state index in [1.807, 2.05) is 16.7 Å². The number of amidine groups is 1. The Morgan fingerprint density at radius 1 is 1.08 bits per heavy atom. The summed E-state index contributed by atoms with van der Waals surface area (Å²) < 4.78 is 28.9. The number of anilines is 1. The number of halogens is 2. The first-order valence-corrected chi connectivity index (χ1v) is 11.9. The smallest absolute Gasteiger partial charge is 0.268 e. The zero-order valence-corrected chi connectivity index (χ0v) is 19.8. The van der Waals surface area contributed by atoms with E-state index in [4.69, 9.17) is 16.9 Å². The van der Waals surface area contributed by atoms with Crippen molar-refractivity contribution in [3.05, 3.63) is 65.4 Å². The van der Waals surface area contributed by atoms with Gasteiger partial charge in [-0.2, -0.15) is 0 Å². The fourth-order valence-electron chi connectivity index (χ4n) is 4.45. The average Bonchev–Trinajstić information content (AvgIpc) is 3.19. The molecule has 8 nitrogen and oxygen atoms in total. The number of aromatic nitrogens is 1. The highest BCUT2D eigenvalue weighted by Crippen LogP contribution is 2.33. The number of nitrogens with one attached hydrogen (secondary N) is 3. The van der Waals surface area contributed by atoms with E-state index in [-0.39, 0.29) is 62.3 Å². The number of benzene rings is 2. The van der Waals surface area contributed by atoms with E-state index < -0.39 is 5.92 Å². The van der Waals surface area contributed by atoms with Gasteiger partial charge in [0.2, 0.25) is 11.8 Å². The molecule has 0 bridgehead atoms. The quantitative estimate of drug-likeness (QED) is 0.240. The summed E-state index contributed by atoms with van der Waals surface area (Å²) in [7, 11) is 0. The molecule has 7 N–H and O–H groups in total. The number of hydrogen-bond acceptors (Lipinski definition) is 4. The normalized spacial score (nSPS) is 15.5. The van der Waals surface area contributed by atoms with Gasteiger partial charge < -0.3 is 26.7 Å². The summed E-state index contributed by atoms with van der Waals surface area (Å²) in [6, 6.07) is 14.0. The molecule has 0 atom stereocenters. The monoisotopic (exact) mass is 496 g/mol. The molecule has 1 fully saturated rings. The van der Waals surface area contributed by atoms with E-state index in [1.165, 1.54) is 0 Å². The number of amides is 2. The van der Waals surface area contributed by atoms with Gasteiger partial charge in [-0.15, -0.1) is 0 Å². The van der Waals surface area contributed by atoms with Gasteiger partial charge in [0, 0.05) is 60.5 Å². The van der Waals surface area contributed by atoms with Crippen LogP contribution in [0.5, 0.6) is 0 Å². The van der Waals surface area contributed by atoms with Crippen molar-refractivity contribution < 1.29 is 18.4 Å². The number of alkyl halides is 2. The van der Waals surface area contributed by atoms with Gasteiger partial charge in [-0.3, -0.25) is 15.0 Å². The summed E-state index contributed by atoms with van der Waals surface area (Å²) in [5.74, 6) is -3.26. The van der Waals surface area contributed by atoms with Crippen LogP contribution in [0.1, 0.15) is 53.7 Å². The highest BCUT2D eigenvalue weighted by Gasteiger charge is 2.35. The van der Waals surface area contributed by atoms with Gasteiger partial charge in [0.15, 0.2) is 0 Å². The Hall–Kier alpha value is -3.79. The second-order valence-corrected chi connectivity index (χ2v) is 9.19. The average molecular weight is 497 g/mol. The molecule has 1 heterocycles. The number of rotatable bonds is 8. The minimum atomic E-state index is -2.67. The van der Waals surface area contributed by atoms with Gasteiger partial charge in [-0.25, -0.2) is 8.78 Å². The Labute approximate surface area is 207 Å². The van der Waals surface area contributed by atoms with E-state index in [9.17, 15) is 18.4 Å². The molecule has 1 aliphatic carbocycles. The van der Waals surface area contributed by atoms with Crippen LogP contribution in [-0.4, -0.2) is 40.7 Å². The lowest BCUT2D eigenvalue weighted by molar-refractivity contribution is -0.116. The molecule has 0 aliphatic heterocycles. The second kappa shape index (κ2) is 10.4. The Morgan fingerprint density at radius 3 is 2.42 bits per heavy atom. The van der Waals surface area contributed by atoms with Gasteiger partial charge in [0.25, 0.3) is 5.91 Å². The largest absolute Gasteiger partial charge is 0.384 e. The van der Waals surface area contributed by atoms with Crippen LogP contribution < -0.4 is 22.1 Å². The highest BCUT2D eigenvalue weighted by atomic mass is 19.3. The summed E-state index contributed by atoms with van der Waals surface area (Å²) in [6.07, 6.45) is 0.205. The molecule has 0 saturated heterocycles. The van der Waals surface area contributed by atoms with Crippen LogP contribution in [0.4, 0.5) is 14.5 Å². The van der Waals surface area contributed by atoms with Gasteiger partial charge >= 0.3 is 0 Å².